The monoisotopic (exact) mass is 530 g/mol. The highest BCUT2D eigenvalue weighted by Gasteiger charge is 2.32. The number of rotatable bonds is 5. The number of thiazole rings is 1. The molecule has 3 aromatic carbocycles. The van der Waals surface area contributed by atoms with Crippen LogP contribution in [0.5, 0.6) is 0 Å². The van der Waals surface area contributed by atoms with E-state index < -0.39 is 16.9 Å². The number of benzene rings is 3. The molecule has 4 aromatic rings. The summed E-state index contributed by atoms with van der Waals surface area (Å²) in [4.78, 5) is 42.9. The number of nitro benzene ring substituents is 1. The molecule has 0 aliphatic carbocycles. The van der Waals surface area contributed by atoms with Crippen LogP contribution in [0, 0.1) is 10.1 Å². The molecule has 0 fully saturated rings. The summed E-state index contributed by atoms with van der Waals surface area (Å²) in [6.45, 7) is 1.72. The number of nitrogens with one attached hydrogen (secondary N) is 1. The molecule has 0 bridgehead atoms. The molecule has 1 aliphatic heterocycles. The van der Waals surface area contributed by atoms with Gasteiger partial charge in [-0.25, -0.2) is 4.99 Å². The quantitative estimate of drug-likeness (QED) is 0.304. The zero-order chi connectivity index (χ0) is 26.1. The van der Waals surface area contributed by atoms with Crippen LogP contribution in [-0.2, 0) is 4.79 Å². The first-order valence-electron chi connectivity index (χ1n) is 11.2. The van der Waals surface area contributed by atoms with Crippen molar-refractivity contribution in [3.8, 4) is 0 Å². The number of para-hydroxylation sites is 1. The molecule has 2 heterocycles. The highest BCUT2D eigenvalue weighted by atomic mass is 35.5. The SMILES string of the molecule is CC1=C(C(=O)Nc2ccccc2)C(c2ccc([N+](=O)[O-])cc2)n2c(s/c(=C\c3ccc(Cl)cc3)c2=O)=N1. The third-order valence-electron chi connectivity index (χ3n) is 5.89. The molecule has 1 amide bonds. The topological polar surface area (TPSA) is 107 Å². The van der Waals surface area contributed by atoms with E-state index in [1.54, 1.807) is 73.7 Å². The number of carbonyl (C=O) groups excluding carboxylic acids is 1. The second kappa shape index (κ2) is 9.96. The molecule has 1 aliphatic rings. The first-order valence-corrected chi connectivity index (χ1v) is 12.4. The van der Waals surface area contributed by atoms with Gasteiger partial charge in [0.25, 0.3) is 17.2 Å². The lowest BCUT2D eigenvalue weighted by molar-refractivity contribution is -0.384. The van der Waals surface area contributed by atoms with Crippen LogP contribution in [-0.4, -0.2) is 15.4 Å². The van der Waals surface area contributed by atoms with Crippen molar-refractivity contribution in [3.05, 3.63) is 136 Å². The van der Waals surface area contributed by atoms with Crippen LogP contribution in [0.4, 0.5) is 11.4 Å². The minimum absolute atomic E-state index is 0.0881. The van der Waals surface area contributed by atoms with Gasteiger partial charge in [0, 0.05) is 22.8 Å². The number of halogens is 1. The molecule has 0 saturated heterocycles. The number of hydrogen-bond acceptors (Lipinski definition) is 6. The Kier molecular flexibility index (Phi) is 6.56. The Labute approximate surface area is 219 Å². The van der Waals surface area contributed by atoms with Gasteiger partial charge in [-0.15, -0.1) is 0 Å². The maximum Gasteiger partial charge on any atom is 0.271 e. The number of carbonyl (C=O) groups is 1. The second-order valence-corrected chi connectivity index (χ2v) is 9.75. The van der Waals surface area contributed by atoms with Crippen LogP contribution in [0.2, 0.25) is 5.02 Å². The fourth-order valence-electron chi connectivity index (χ4n) is 4.14. The number of nitrogens with zero attached hydrogens (tertiary/aromatic N) is 3. The van der Waals surface area contributed by atoms with E-state index in [9.17, 15) is 19.7 Å². The van der Waals surface area contributed by atoms with Crippen molar-refractivity contribution >= 4 is 46.3 Å². The number of anilines is 1. The van der Waals surface area contributed by atoms with Gasteiger partial charge >= 0.3 is 0 Å². The Bertz CT molecular complexity index is 1720. The molecule has 37 heavy (non-hydrogen) atoms. The zero-order valence-corrected chi connectivity index (χ0v) is 21.0. The first kappa shape index (κ1) is 24.4. The van der Waals surface area contributed by atoms with Gasteiger partial charge in [0.2, 0.25) is 0 Å². The average molecular weight is 531 g/mol. The Morgan fingerprint density at radius 1 is 1.08 bits per heavy atom. The Morgan fingerprint density at radius 3 is 2.41 bits per heavy atom. The molecule has 0 saturated carbocycles. The number of nitro groups is 1. The summed E-state index contributed by atoms with van der Waals surface area (Å²) in [7, 11) is 0. The normalized spacial score (nSPS) is 15.2. The molecule has 1 aromatic heterocycles. The van der Waals surface area contributed by atoms with Gasteiger partial charge in [0.1, 0.15) is 0 Å². The standard InChI is InChI=1S/C27H19ClN4O4S/c1-16-23(25(33)30-20-5-3-2-4-6-20)24(18-9-13-21(14-10-18)32(35)36)31-26(34)22(37-27(31)29-16)15-17-7-11-19(28)12-8-17/h2-15,24H,1H3,(H,30,33)/b22-15-. The lowest BCUT2D eigenvalue weighted by atomic mass is 9.95. The lowest BCUT2D eigenvalue weighted by Crippen LogP contribution is -2.40. The summed E-state index contributed by atoms with van der Waals surface area (Å²) in [6, 6.07) is 21.1. The van der Waals surface area contributed by atoms with Crippen LogP contribution >= 0.6 is 22.9 Å². The number of allylic oxidation sites excluding steroid dienone is 1. The van der Waals surface area contributed by atoms with Gasteiger partial charge < -0.3 is 5.32 Å². The van der Waals surface area contributed by atoms with E-state index >= 15 is 0 Å². The minimum atomic E-state index is -0.826. The van der Waals surface area contributed by atoms with Crippen molar-refractivity contribution in [1.82, 2.24) is 4.57 Å². The molecule has 10 heteroatoms. The van der Waals surface area contributed by atoms with Crippen molar-refractivity contribution in [3.63, 3.8) is 0 Å². The number of amides is 1. The van der Waals surface area contributed by atoms with Crippen molar-refractivity contribution in [2.75, 3.05) is 5.32 Å². The summed E-state index contributed by atoms with van der Waals surface area (Å²) >= 11 is 7.20. The second-order valence-electron chi connectivity index (χ2n) is 8.30. The maximum absolute atomic E-state index is 13.7. The molecule has 1 atom stereocenters. The van der Waals surface area contributed by atoms with Crippen molar-refractivity contribution in [2.45, 2.75) is 13.0 Å². The van der Waals surface area contributed by atoms with Gasteiger partial charge in [0.05, 0.1) is 26.8 Å². The Hall–Kier alpha value is -4.34. The third-order valence-corrected chi connectivity index (χ3v) is 7.12. The fourth-order valence-corrected chi connectivity index (χ4v) is 5.31. The maximum atomic E-state index is 13.7. The van der Waals surface area contributed by atoms with E-state index in [1.807, 2.05) is 6.07 Å². The molecule has 1 N–H and O–H groups in total. The molecule has 184 valence electrons. The largest absolute Gasteiger partial charge is 0.322 e. The molecule has 1 unspecified atom stereocenters. The summed E-state index contributed by atoms with van der Waals surface area (Å²) in [5.74, 6) is -0.414. The molecule has 8 nitrogen and oxygen atoms in total. The minimum Gasteiger partial charge on any atom is -0.322 e. The summed E-state index contributed by atoms with van der Waals surface area (Å²) in [5.41, 5.74) is 2.26. The van der Waals surface area contributed by atoms with Gasteiger partial charge in [-0.05, 0) is 60.5 Å². The van der Waals surface area contributed by atoms with Gasteiger partial charge in [0.15, 0.2) is 4.80 Å². The van der Waals surface area contributed by atoms with Crippen molar-refractivity contribution in [1.29, 1.82) is 0 Å². The van der Waals surface area contributed by atoms with E-state index in [0.29, 0.717) is 31.3 Å². The molecular formula is C27H19ClN4O4S. The van der Waals surface area contributed by atoms with Crippen molar-refractivity contribution < 1.29 is 9.72 Å². The van der Waals surface area contributed by atoms with E-state index in [4.69, 9.17) is 11.6 Å². The number of fused-ring (bicyclic) bond motifs is 1. The van der Waals surface area contributed by atoms with Crippen LogP contribution in [0.3, 0.4) is 0 Å². The molecular weight excluding hydrogens is 512 g/mol. The van der Waals surface area contributed by atoms with E-state index in [1.165, 1.54) is 28.0 Å². The van der Waals surface area contributed by atoms with Crippen LogP contribution in [0.15, 0.2) is 99.9 Å². The van der Waals surface area contributed by atoms with E-state index in [2.05, 4.69) is 10.3 Å². The third kappa shape index (κ3) is 4.87. The van der Waals surface area contributed by atoms with Gasteiger partial charge in [-0.3, -0.25) is 24.3 Å². The lowest BCUT2D eigenvalue weighted by Gasteiger charge is -2.25. The number of non-ortho nitro benzene ring substituents is 1. The van der Waals surface area contributed by atoms with Gasteiger partial charge in [-0.2, -0.15) is 0 Å². The highest BCUT2D eigenvalue weighted by Crippen LogP contribution is 2.31. The summed E-state index contributed by atoms with van der Waals surface area (Å²) in [5, 5.41) is 14.7. The Balaban J connectivity index is 1.67. The van der Waals surface area contributed by atoms with E-state index in [0.717, 1.165) is 5.56 Å². The predicted molar refractivity (Wildman–Crippen MR) is 143 cm³/mol. The van der Waals surface area contributed by atoms with E-state index in [-0.39, 0.29) is 16.8 Å². The first-order chi connectivity index (χ1) is 17.8. The fraction of sp³-hybridized carbons (Fsp3) is 0.0741. The summed E-state index contributed by atoms with van der Waals surface area (Å²) in [6.07, 6.45) is 1.75. The summed E-state index contributed by atoms with van der Waals surface area (Å²) < 4.78 is 1.91. The molecule has 5 rings (SSSR count). The van der Waals surface area contributed by atoms with Crippen LogP contribution in [0.1, 0.15) is 24.1 Å². The van der Waals surface area contributed by atoms with Crippen LogP contribution in [0.25, 0.3) is 6.08 Å². The van der Waals surface area contributed by atoms with Crippen LogP contribution < -0.4 is 20.2 Å². The number of hydrogen-bond donors (Lipinski definition) is 1. The molecule has 0 spiro atoms. The highest BCUT2D eigenvalue weighted by molar-refractivity contribution is 7.07. The van der Waals surface area contributed by atoms with Crippen molar-refractivity contribution in [2.24, 2.45) is 4.99 Å². The number of aromatic nitrogens is 1. The Morgan fingerprint density at radius 2 is 1.76 bits per heavy atom. The van der Waals surface area contributed by atoms with Gasteiger partial charge in [-0.1, -0.05) is 53.3 Å². The predicted octanol–water partition coefficient (Wildman–Crippen LogP) is 4.44. The smallest absolute Gasteiger partial charge is 0.271 e. The average Bonchev–Trinajstić information content (AvgIpc) is 3.19. The molecule has 0 radical (unpaired) electrons. The zero-order valence-electron chi connectivity index (χ0n) is 19.4.